The fourth-order valence-electron chi connectivity index (χ4n) is 2.28. The van der Waals surface area contributed by atoms with Crippen LogP contribution in [0.5, 0.6) is 0 Å². The van der Waals surface area contributed by atoms with Crippen molar-refractivity contribution in [2.24, 2.45) is 5.41 Å². The van der Waals surface area contributed by atoms with E-state index in [-0.39, 0.29) is 18.1 Å². The van der Waals surface area contributed by atoms with Gasteiger partial charge in [-0.25, -0.2) is 0 Å². The summed E-state index contributed by atoms with van der Waals surface area (Å²) in [5.74, 6) is 0. The van der Waals surface area contributed by atoms with Crippen LogP contribution in [0.4, 0.5) is 0 Å². The lowest BCUT2D eigenvalue weighted by atomic mass is 9.85. The Morgan fingerprint density at radius 1 is 1.45 bits per heavy atom. The average molecular weight is 293 g/mol. The Hall–Kier alpha value is -1.17. The van der Waals surface area contributed by atoms with E-state index in [4.69, 9.17) is 0 Å². The molecule has 20 heavy (non-hydrogen) atoms. The summed E-state index contributed by atoms with van der Waals surface area (Å²) in [5, 5.41) is 22.1. The van der Waals surface area contributed by atoms with Gasteiger partial charge in [0.2, 0.25) is 0 Å². The molecular weight excluding hydrogens is 270 g/mol. The third kappa shape index (κ3) is 3.69. The molecule has 2 aromatic rings. The molecule has 1 unspecified atom stereocenters. The molecule has 0 aliphatic carbocycles. The van der Waals surface area contributed by atoms with Crippen molar-refractivity contribution in [3.8, 4) is 10.6 Å². The number of nitrogens with one attached hydrogen (secondary N) is 2. The Morgan fingerprint density at radius 2 is 2.25 bits per heavy atom. The first-order valence-corrected chi connectivity index (χ1v) is 7.80. The van der Waals surface area contributed by atoms with E-state index in [1.807, 2.05) is 12.3 Å². The van der Waals surface area contributed by atoms with Crippen molar-refractivity contribution >= 4 is 11.3 Å². The minimum atomic E-state index is 0.121. The summed E-state index contributed by atoms with van der Waals surface area (Å²) in [6.45, 7) is 7.53. The molecule has 0 aliphatic rings. The molecule has 0 spiro atoms. The molecule has 0 aliphatic heterocycles. The maximum Gasteiger partial charge on any atom is 0.0794 e. The van der Waals surface area contributed by atoms with Crippen LogP contribution >= 0.6 is 11.3 Å². The fraction of sp³-hybridized carbons (Fsp3) is 0.533. The highest BCUT2D eigenvalue weighted by Gasteiger charge is 2.24. The molecule has 1 atom stereocenters. The minimum Gasteiger partial charge on any atom is -0.396 e. The van der Waals surface area contributed by atoms with E-state index in [0.717, 1.165) is 18.7 Å². The van der Waals surface area contributed by atoms with E-state index < -0.39 is 0 Å². The molecule has 110 valence electrons. The van der Waals surface area contributed by atoms with Gasteiger partial charge in [0.25, 0.3) is 0 Å². The second-order valence-electron chi connectivity index (χ2n) is 6.06. The van der Waals surface area contributed by atoms with Crippen molar-refractivity contribution in [3.63, 3.8) is 0 Å². The van der Waals surface area contributed by atoms with E-state index in [0.29, 0.717) is 0 Å². The predicted octanol–water partition coefficient (Wildman–Crippen LogP) is 3.02. The smallest absolute Gasteiger partial charge is 0.0794 e. The number of rotatable bonds is 6. The SMILES string of the molecule is CC(C)(C)C(CCO)NCc1cn[nH]c1-c1cccs1. The largest absolute Gasteiger partial charge is 0.396 e. The van der Waals surface area contributed by atoms with Gasteiger partial charge in [-0.2, -0.15) is 5.10 Å². The first-order chi connectivity index (χ1) is 9.52. The molecule has 0 amide bonds. The third-order valence-electron chi connectivity index (χ3n) is 3.49. The summed E-state index contributed by atoms with van der Waals surface area (Å²) in [4.78, 5) is 1.20. The van der Waals surface area contributed by atoms with Crippen LogP contribution < -0.4 is 5.32 Å². The van der Waals surface area contributed by atoms with Crippen LogP contribution in [0, 0.1) is 5.41 Å². The standard InChI is InChI=1S/C15H23N3OS/c1-15(2,3)13(6-7-19)16-9-11-10-17-18-14(11)12-5-4-8-20-12/h4-5,8,10,13,16,19H,6-7,9H2,1-3H3,(H,17,18). The zero-order valence-electron chi connectivity index (χ0n) is 12.3. The molecule has 0 radical (unpaired) electrons. The summed E-state index contributed by atoms with van der Waals surface area (Å²) in [6.07, 6.45) is 2.64. The molecule has 5 heteroatoms. The van der Waals surface area contributed by atoms with Gasteiger partial charge in [-0.1, -0.05) is 26.8 Å². The molecule has 3 N–H and O–H groups in total. The van der Waals surface area contributed by atoms with Gasteiger partial charge in [-0.05, 0) is 23.3 Å². The van der Waals surface area contributed by atoms with Crippen LogP contribution in [0.2, 0.25) is 0 Å². The molecule has 2 aromatic heterocycles. The Bertz CT molecular complexity index is 513. The van der Waals surface area contributed by atoms with E-state index in [2.05, 4.69) is 47.7 Å². The normalized spacial score (nSPS) is 13.6. The topological polar surface area (TPSA) is 60.9 Å². The number of aliphatic hydroxyl groups is 1. The monoisotopic (exact) mass is 293 g/mol. The Balaban J connectivity index is 2.06. The number of aromatic nitrogens is 2. The van der Waals surface area contributed by atoms with E-state index >= 15 is 0 Å². The molecule has 2 rings (SSSR count). The summed E-state index contributed by atoms with van der Waals surface area (Å²) >= 11 is 1.71. The number of aliphatic hydroxyl groups excluding tert-OH is 1. The van der Waals surface area contributed by atoms with Crippen molar-refractivity contribution in [1.82, 2.24) is 15.5 Å². The van der Waals surface area contributed by atoms with Gasteiger partial charge >= 0.3 is 0 Å². The molecule has 0 saturated carbocycles. The quantitative estimate of drug-likeness (QED) is 0.767. The number of hydrogen-bond acceptors (Lipinski definition) is 4. The zero-order chi connectivity index (χ0) is 14.6. The van der Waals surface area contributed by atoms with Gasteiger partial charge in [-0.15, -0.1) is 11.3 Å². The first-order valence-electron chi connectivity index (χ1n) is 6.92. The van der Waals surface area contributed by atoms with Crippen LogP contribution in [0.25, 0.3) is 10.6 Å². The lowest BCUT2D eigenvalue weighted by Crippen LogP contribution is -2.40. The average Bonchev–Trinajstić information content (AvgIpc) is 3.02. The van der Waals surface area contributed by atoms with Crippen molar-refractivity contribution in [2.45, 2.75) is 39.8 Å². The lowest BCUT2D eigenvalue weighted by Gasteiger charge is -2.31. The Kier molecular flexibility index (Phi) is 4.96. The summed E-state index contributed by atoms with van der Waals surface area (Å²) in [6, 6.07) is 4.41. The van der Waals surface area contributed by atoms with Crippen molar-refractivity contribution in [3.05, 3.63) is 29.3 Å². The highest BCUT2D eigenvalue weighted by atomic mass is 32.1. The van der Waals surface area contributed by atoms with Gasteiger partial charge in [0.05, 0.1) is 16.8 Å². The van der Waals surface area contributed by atoms with Crippen LogP contribution in [0.15, 0.2) is 23.7 Å². The number of hydrogen-bond donors (Lipinski definition) is 3. The third-order valence-corrected chi connectivity index (χ3v) is 4.37. The highest BCUT2D eigenvalue weighted by Crippen LogP contribution is 2.27. The maximum absolute atomic E-state index is 9.21. The Morgan fingerprint density at radius 3 is 2.85 bits per heavy atom. The first kappa shape index (κ1) is 15.2. The van der Waals surface area contributed by atoms with Crippen LogP contribution in [-0.2, 0) is 6.54 Å². The van der Waals surface area contributed by atoms with Gasteiger partial charge < -0.3 is 10.4 Å². The highest BCUT2D eigenvalue weighted by molar-refractivity contribution is 7.13. The summed E-state index contributed by atoms with van der Waals surface area (Å²) in [7, 11) is 0. The number of H-pyrrole nitrogens is 1. The molecule has 0 aromatic carbocycles. The summed E-state index contributed by atoms with van der Waals surface area (Å²) in [5.41, 5.74) is 2.37. The van der Waals surface area contributed by atoms with Crippen molar-refractivity contribution in [1.29, 1.82) is 0 Å². The van der Waals surface area contributed by atoms with E-state index in [9.17, 15) is 5.11 Å². The van der Waals surface area contributed by atoms with Gasteiger partial charge in [0, 0.05) is 24.8 Å². The Labute approximate surface area is 124 Å². The zero-order valence-corrected chi connectivity index (χ0v) is 13.1. The number of nitrogens with zero attached hydrogens (tertiary/aromatic N) is 1. The second kappa shape index (κ2) is 6.52. The predicted molar refractivity (Wildman–Crippen MR) is 83.7 cm³/mol. The van der Waals surface area contributed by atoms with Crippen molar-refractivity contribution < 1.29 is 5.11 Å². The number of aromatic amines is 1. The van der Waals surface area contributed by atoms with E-state index in [1.165, 1.54) is 10.4 Å². The summed E-state index contributed by atoms with van der Waals surface area (Å²) < 4.78 is 0. The second-order valence-corrected chi connectivity index (χ2v) is 7.01. The fourth-order valence-corrected chi connectivity index (χ4v) is 3.04. The molecular formula is C15H23N3OS. The van der Waals surface area contributed by atoms with Crippen LogP contribution in [0.3, 0.4) is 0 Å². The van der Waals surface area contributed by atoms with Crippen molar-refractivity contribution in [2.75, 3.05) is 6.61 Å². The van der Waals surface area contributed by atoms with Gasteiger partial charge in [0.1, 0.15) is 0 Å². The lowest BCUT2D eigenvalue weighted by molar-refractivity contribution is 0.196. The number of thiophene rings is 1. The van der Waals surface area contributed by atoms with Gasteiger partial charge in [0.15, 0.2) is 0 Å². The van der Waals surface area contributed by atoms with E-state index in [1.54, 1.807) is 11.3 Å². The molecule has 2 heterocycles. The van der Waals surface area contributed by atoms with Crippen LogP contribution in [-0.4, -0.2) is 28.0 Å². The molecule has 4 nitrogen and oxygen atoms in total. The maximum atomic E-state index is 9.21. The molecule has 0 saturated heterocycles. The molecule has 0 bridgehead atoms. The van der Waals surface area contributed by atoms with Gasteiger partial charge in [-0.3, -0.25) is 5.10 Å². The minimum absolute atomic E-state index is 0.121. The molecule has 0 fully saturated rings. The van der Waals surface area contributed by atoms with Crippen LogP contribution in [0.1, 0.15) is 32.8 Å².